The molecule has 0 aliphatic carbocycles. The van der Waals surface area contributed by atoms with Gasteiger partial charge < -0.3 is 14.6 Å². The molecule has 0 bridgehead atoms. The van der Waals surface area contributed by atoms with E-state index in [1.165, 1.54) is 0 Å². The van der Waals surface area contributed by atoms with Gasteiger partial charge in [0.1, 0.15) is 0 Å². The maximum Gasteiger partial charge on any atom is 0.508 e. The maximum absolute atomic E-state index is 10.7. The molecule has 0 saturated heterocycles. The van der Waals surface area contributed by atoms with Crippen LogP contribution in [0.1, 0.15) is 27.2 Å². The Morgan fingerprint density at radius 3 is 2.42 bits per heavy atom. The van der Waals surface area contributed by atoms with Gasteiger partial charge in [-0.1, -0.05) is 0 Å². The van der Waals surface area contributed by atoms with Crippen molar-refractivity contribution in [3.05, 3.63) is 0 Å². The minimum absolute atomic E-state index is 0.163. The van der Waals surface area contributed by atoms with E-state index in [1.807, 2.05) is 0 Å². The highest BCUT2D eigenvalue weighted by atomic mass is 16.7. The molecule has 0 saturated carbocycles. The molecule has 0 spiro atoms. The molecule has 12 heavy (non-hydrogen) atoms. The fourth-order valence-corrected chi connectivity index (χ4v) is 0.539. The second kappa shape index (κ2) is 5.83. The molecule has 0 aromatic rings. The summed E-state index contributed by atoms with van der Waals surface area (Å²) in [4.78, 5) is 10.7. The number of aliphatic hydroxyl groups excluding tert-OH is 1. The van der Waals surface area contributed by atoms with Crippen molar-refractivity contribution in [1.82, 2.24) is 0 Å². The fraction of sp³-hybridized carbons (Fsp3) is 0.875. The smallest absolute Gasteiger partial charge is 0.434 e. The molecule has 1 unspecified atom stereocenters. The molecule has 0 aromatic carbocycles. The highest BCUT2D eigenvalue weighted by molar-refractivity contribution is 5.59. The van der Waals surface area contributed by atoms with Gasteiger partial charge in [-0.2, -0.15) is 0 Å². The molecular weight excluding hydrogens is 160 g/mol. The van der Waals surface area contributed by atoms with Crippen LogP contribution in [0.4, 0.5) is 4.79 Å². The number of aliphatic hydroxyl groups is 1. The standard InChI is InChI=1S/C8H16O4/c1-6(2)12-8(10)11-5-4-7(3)9/h6-7,9H,4-5H2,1-3H3. The lowest BCUT2D eigenvalue weighted by Crippen LogP contribution is -2.15. The van der Waals surface area contributed by atoms with Crippen LogP contribution in [0.2, 0.25) is 0 Å². The summed E-state index contributed by atoms with van der Waals surface area (Å²) in [5.74, 6) is 0. The molecule has 0 aliphatic heterocycles. The Hall–Kier alpha value is -0.770. The zero-order valence-corrected chi connectivity index (χ0v) is 7.74. The zero-order chi connectivity index (χ0) is 9.56. The van der Waals surface area contributed by atoms with Crippen LogP contribution in [0.3, 0.4) is 0 Å². The number of carbonyl (C=O) groups is 1. The molecule has 0 rings (SSSR count). The second-order valence-corrected chi connectivity index (χ2v) is 2.90. The Morgan fingerprint density at radius 2 is 2.00 bits per heavy atom. The van der Waals surface area contributed by atoms with Crippen LogP contribution in [0, 0.1) is 0 Å². The Balaban J connectivity index is 3.32. The lowest BCUT2D eigenvalue weighted by molar-refractivity contribution is 0.0270. The Kier molecular flexibility index (Phi) is 5.45. The van der Waals surface area contributed by atoms with E-state index < -0.39 is 12.3 Å². The van der Waals surface area contributed by atoms with Crippen LogP contribution in [0.25, 0.3) is 0 Å². The van der Waals surface area contributed by atoms with Crippen molar-refractivity contribution < 1.29 is 19.4 Å². The van der Waals surface area contributed by atoms with Gasteiger partial charge in [0.05, 0.1) is 18.8 Å². The average Bonchev–Trinajstić information content (AvgIpc) is 1.84. The Morgan fingerprint density at radius 1 is 1.42 bits per heavy atom. The van der Waals surface area contributed by atoms with Crippen LogP contribution in [-0.2, 0) is 9.47 Å². The molecule has 0 heterocycles. The monoisotopic (exact) mass is 176 g/mol. The Labute approximate surface area is 72.5 Å². The lowest BCUT2D eigenvalue weighted by Gasteiger charge is -2.08. The fourth-order valence-electron chi connectivity index (χ4n) is 0.539. The van der Waals surface area contributed by atoms with E-state index >= 15 is 0 Å². The molecule has 0 aliphatic rings. The van der Waals surface area contributed by atoms with Crippen molar-refractivity contribution in [2.75, 3.05) is 6.61 Å². The predicted molar refractivity (Wildman–Crippen MR) is 43.9 cm³/mol. The maximum atomic E-state index is 10.7. The summed E-state index contributed by atoms with van der Waals surface area (Å²) in [7, 11) is 0. The highest BCUT2D eigenvalue weighted by Crippen LogP contribution is 1.95. The lowest BCUT2D eigenvalue weighted by atomic mass is 10.3. The van der Waals surface area contributed by atoms with Gasteiger partial charge in [0, 0.05) is 6.42 Å². The Bertz CT molecular complexity index is 131. The van der Waals surface area contributed by atoms with Crippen molar-refractivity contribution >= 4 is 6.16 Å². The molecule has 0 aromatic heterocycles. The van der Waals surface area contributed by atoms with E-state index in [2.05, 4.69) is 9.47 Å². The summed E-state index contributed by atoms with van der Waals surface area (Å²) < 4.78 is 9.33. The van der Waals surface area contributed by atoms with Crippen LogP contribution in [-0.4, -0.2) is 30.1 Å². The van der Waals surface area contributed by atoms with E-state index in [1.54, 1.807) is 20.8 Å². The topological polar surface area (TPSA) is 55.8 Å². The summed E-state index contributed by atoms with van der Waals surface area (Å²) in [5, 5.41) is 8.82. The van der Waals surface area contributed by atoms with Crippen LogP contribution in [0.5, 0.6) is 0 Å². The number of ether oxygens (including phenoxy) is 2. The molecular formula is C8H16O4. The third-order valence-corrected chi connectivity index (χ3v) is 1.09. The van der Waals surface area contributed by atoms with Gasteiger partial charge in [0.15, 0.2) is 0 Å². The summed E-state index contributed by atoms with van der Waals surface area (Å²) in [6.07, 6.45) is -0.848. The first-order valence-electron chi connectivity index (χ1n) is 4.04. The van der Waals surface area contributed by atoms with E-state index in [0.717, 1.165) is 0 Å². The first-order valence-corrected chi connectivity index (χ1v) is 4.04. The second-order valence-electron chi connectivity index (χ2n) is 2.90. The zero-order valence-electron chi connectivity index (χ0n) is 7.74. The van der Waals surface area contributed by atoms with Crippen molar-refractivity contribution in [3.8, 4) is 0 Å². The third kappa shape index (κ3) is 7.34. The largest absolute Gasteiger partial charge is 0.508 e. The molecule has 4 heteroatoms. The number of hydrogen-bond donors (Lipinski definition) is 1. The summed E-state index contributed by atoms with van der Waals surface area (Å²) in [6, 6.07) is 0. The quantitative estimate of drug-likeness (QED) is 0.656. The normalized spacial score (nSPS) is 12.8. The minimum Gasteiger partial charge on any atom is -0.434 e. The van der Waals surface area contributed by atoms with Gasteiger partial charge in [-0.25, -0.2) is 4.79 Å². The SMILES string of the molecule is CC(O)CCOC(=O)OC(C)C. The molecule has 0 amide bonds. The number of hydrogen-bond acceptors (Lipinski definition) is 4. The van der Waals surface area contributed by atoms with Crippen molar-refractivity contribution in [3.63, 3.8) is 0 Å². The average molecular weight is 176 g/mol. The van der Waals surface area contributed by atoms with Gasteiger partial charge in [0.25, 0.3) is 0 Å². The first kappa shape index (κ1) is 11.2. The molecule has 72 valence electrons. The predicted octanol–water partition coefficient (Wildman–Crippen LogP) is 1.32. The van der Waals surface area contributed by atoms with Crippen molar-refractivity contribution in [1.29, 1.82) is 0 Å². The van der Waals surface area contributed by atoms with Gasteiger partial charge in [-0.15, -0.1) is 0 Å². The minimum atomic E-state index is -0.675. The third-order valence-electron chi connectivity index (χ3n) is 1.09. The summed E-state index contributed by atoms with van der Waals surface area (Å²) >= 11 is 0. The summed E-state index contributed by atoms with van der Waals surface area (Å²) in [6.45, 7) is 5.33. The summed E-state index contributed by atoms with van der Waals surface area (Å²) in [5.41, 5.74) is 0. The van der Waals surface area contributed by atoms with Crippen molar-refractivity contribution in [2.45, 2.75) is 39.4 Å². The van der Waals surface area contributed by atoms with Gasteiger partial charge >= 0.3 is 6.16 Å². The number of rotatable bonds is 4. The van der Waals surface area contributed by atoms with Gasteiger partial charge in [-0.05, 0) is 20.8 Å². The van der Waals surface area contributed by atoms with Crippen LogP contribution >= 0.6 is 0 Å². The first-order chi connectivity index (χ1) is 5.52. The molecule has 0 fully saturated rings. The number of carbonyl (C=O) groups excluding carboxylic acids is 1. The molecule has 4 nitrogen and oxygen atoms in total. The molecule has 1 N–H and O–H groups in total. The van der Waals surface area contributed by atoms with Crippen molar-refractivity contribution in [2.24, 2.45) is 0 Å². The van der Waals surface area contributed by atoms with E-state index in [4.69, 9.17) is 5.11 Å². The van der Waals surface area contributed by atoms with Crippen LogP contribution in [0.15, 0.2) is 0 Å². The van der Waals surface area contributed by atoms with Crippen LogP contribution < -0.4 is 0 Å². The molecule has 1 atom stereocenters. The van der Waals surface area contributed by atoms with E-state index in [-0.39, 0.29) is 12.7 Å². The van der Waals surface area contributed by atoms with E-state index in [0.29, 0.717) is 6.42 Å². The highest BCUT2D eigenvalue weighted by Gasteiger charge is 2.06. The van der Waals surface area contributed by atoms with E-state index in [9.17, 15) is 4.79 Å². The van der Waals surface area contributed by atoms with Gasteiger partial charge in [-0.3, -0.25) is 0 Å². The molecule has 0 radical (unpaired) electrons. The van der Waals surface area contributed by atoms with Gasteiger partial charge in [0.2, 0.25) is 0 Å².